The molecule has 2 aromatic rings. The predicted octanol–water partition coefficient (Wildman–Crippen LogP) is 11.6. The number of alkyl halides is 2. The quantitative estimate of drug-likeness (QED) is 0.203. The van der Waals surface area contributed by atoms with E-state index in [-0.39, 0.29) is 5.75 Å². The summed E-state index contributed by atoms with van der Waals surface area (Å²) in [6, 6.07) is 9.79. The van der Waals surface area contributed by atoms with E-state index in [1.165, 1.54) is 95.2 Å². The van der Waals surface area contributed by atoms with Gasteiger partial charge in [-0.25, -0.2) is 8.78 Å². The van der Waals surface area contributed by atoms with Gasteiger partial charge in [-0.15, -0.1) is 0 Å². The average molecular weight is 573 g/mol. The average Bonchev–Trinajstić information content (AvgIpc) is 2.99. The Morgan fingerprint density at radius 2 is 1.15 bits per heavy atom. The second-order valence-electron chi connectivity index (χ2n) is 13.4. The third-order valence-corrected chi connectivity index (χ3v) is 10.9. The molecule has 0 N–H and O–H groups in total. The van der Waals surface area contributed by atoms with Crippen LogP contribution in [0.4, 0.5) is 17.6 Å². The molecule has 0 spiro atoms. The molecule has 41 heavy (non-hydrogen) atoms. The monoisotopic (exact) mass is 572 g/mol. The highest BCUT2D eigenvalue weighted by Crippen LogP contribution is 2.48. The fraction of sp³-hybridized carbons (Fsp3) is 0.667. The molecular weight excluding hydrogens is 524 g/mol. The minimum atomic E-state index is -3.22. The Hall–Kier alpha value is -2.04. The molecule has 226 valence electrons. The summed E-state index contributed by atoms with van der Waals surface area (Å²) in [5.41, 5.74) is 1.10. The van der Waals surface area contributed by atoms with E-state index in [1.54, 1.807) is 12.1 Å². The second kappa shape index (κ2) is 14.0. The number of rotatable bonds is 10. The highest BCUT2D eigenvalue weighted by atomic mass is 19.3. The molecule has 0 heterocycles. The Labute approximate surface area is 244 Å². The van der Waals surface area contributed by atoms with E-state index < -0.39 is 23.7 Å². The number of hydrogen-bond donors (Lipinski definition) is 0. The van der Waals surface area contributed by atoms with Crippen LogP contribution in [0.2, 0.25) is 0 Å². The summed E-state index contributed by atoms with van der Waals surface area (Å²) >= 11 is 0. The van der Waals surface area contributed by atoms with Crippen molar-refractivity contribution in [3.63, 3.8) is 0 Å². The molecule has 0 aliphatic heterocycles. The molecule has 2 aromatic carbocycles. The van der Waals surface area contributed by atoms with Crippen molar-refractivity contribution in [2.45, 2.75) is 116 Å². The maximum Gasteiger partial charge on any atom is 0.400 e. The van der Waals surface area contributed by atoms with Crippen LogP contribution in [0.3, 0.4) is 0 Å². The minimum Gasteiger partial charge on any atom is -0.432 e. The van der Waals surface area contributed by atoms with Gasteiger partial charge in [-0.2, -0.15) is 8.78 Å². The van der Waals surface area contributed by atoms with E-state index in [0.29, 0.717) is 35.8 Å². The molecule has 5 heteroatoms. The van der Waals surface area contributed by atoms with Crippen LogP contribution in [0.1, 0.15) is 110 Å². The standard InChI is InChI=1S/C36H48F4O/c1-2-3-4-5-25-6-8-26(9-7-25)27-10-12-28(13-11-27)29-14-19-32(20-15-29)36(39,40)41-33-21-16-30(17-22-33)31-18-23-34(37)35(38)24-31/h16-18,21-29,32H,2-15,19-20H2,1H3. The zero-order chi connectivity index (χ0) is 28.8. The van der Waals surface area contributed by atoms with Gasteiger partial charge in [0, 0.05) is 0 Å². The Kier molecular flexibility index (Phi) is 10.4. The first kappa shape index (κ1) is 30.4. The van der Waals surface area contributed by atoms with E-state index in [4.69, 9.17) is 4.74 Å². The lowest BCUT2D eigenvalue weighted by molar-refractivity contribution is -0.224. The van der Waals surface area contributed by atoms with Gasteiger partial charge in [-0.3, -0.25) is 0 Å². The summed E-state index contributed by atoms with van der Waals surface area (Å²) in [5, 5.41) is 0. The lowest BCUT2D eigenvalue weighted by Gasteiger charge is -2.42. The molecule has 0 saturated heterocycles. The largest absolute Gasteiger partial charge is 0.432 e. The Balaban J connectivity index is 1.04. The first-order valence-corrected chi connectivity index (χ1v) is 16.4. The van der Waals surface area contributed by atoms with Crippen molar-refractivity contribution < 1.29 is 22.3 Å². The van der Waals surface area contributed by atoms with E-state index in [2.05, 4.69) is 6.92 Å². The maximum atomic E-state index is 15.1. The fourth-order valence-electron chi connectivity index (χ4n) is 8.28. The van der Waals surface area contributed by atoms with E-state index in [0.717, 1.165) is 42.7 Å². The fourth-order valence-corrected chi connectivity index (χ4v) is 8.28. The summed E-state index contributed by atoms with van der Waals surface area (Å²) in [6.07, 6.45) is 16.1. The molecule has 0 radical (unpaired) electrons. The van der Waals surface area contributed by atoms with E-state index in [9.17, 15) is 8.78 Å². The van der Waals surface area contributed by atoms with Gasteiger partial charge in [0.05, 0.1) is 5.92 Å². The van der Waals surface area contributed by atoms with Crippen molar-refractivity contribution >= 4 is 0 Å². The molecule has 3 aliphatic rings. The lowest BCUT2D eigenvalue weighted by Crippen LogP contribution is -2.38. The molecule has 5 rings (SSSR count). The van der Waals surface area contributed by atoms with Crippen molar-refractivity contribution in [2.75, 3.05) is 0 Å². The highest BCUT2D eigenvalue weighted by Gasteiger charge is 2.45. The predicted molar refractivity (Wildman–Crippen MR) is 158 cm³/mol. The number of hydrogen-bond acceptors (Lipinski definition) is 1. The van der Waals surface area contributed by atoms with Crippen molar-refractivity contribution in [2.24, 2.45) is 35.5 Å². The summed E-state index contributed by atoms with van der Waals surface area (Å²) in [6.45, 7) is 2.29. The molecule has 3 aliphatic carbocycles. The number of ether oxygens (including phenoxy) is 1. The maximum absolute atomic E-state index is 15.1. The van der Waals surface area contributed by atoms with Gasteiger partial charge in [0.2, 0.25) is 0 Å². The molecule has 0 aromatic heterocycles. The van der Waals surface area contributed by atoms with Crippen molar-refractivity contribution in [3.05, 3.63) is 54.1 Å². The normalized spacial score (nSPS) is 29.3. The van der Waals surface area contributed by atoms with Crippen LogP contribution in [-0.4, -0.2) is 6.11 Å². The van der Waals surface area contributed by atoms with E-state index in [1.807, 2.05) is 0 Å². The van der Waals surface area contributed by atoms with Crippen molar-refractivity contribution in [1.82, 2.24) is 0 Å². The van der Waals surface area contributed by atoms with Gasteiger partial charge in [0.25, 0.3) is 0 Å². The van der Waals surface area contributed by atoms with Crippen molar-refractivity contribution in [3.8, 4) is 16.9 Å². The molecule has 3 fully saturated rings. The van der Waals surface area contributed by atoms with Crippen LogP contribution in [0.15, 0.2) is 42.5 Å². The molecule has 0 atom stereocenters. The SMILES string of the molecule is CCCCCC1CCC(C2CCC(C3CCC(C(F)(F)Oc4ccc(-c5ccc(F)c(F)c5)cc4)CC3)CC2)CC1. The van der Waals surface area contributed by atoms with Gasteiger partial charge >= 0.3 is 6.11 Å². The summed E-state index contributed by atoms with van der Waals surface area (Å²) in [7, 11) is 0. The summed E-state index contributed by atoms with van der Waals surface area (Å²) in [5.74, 6) is 1.54. The van der Waals surface area contributed by atoms with E-state index >= 15 is 8.78 Å². The Morgan fingerprint density at radius 1 is 0.634 bits per heavy atom. The van der Waals surface area contributed by atoms with Gasteiger partial charge in [0.15, 0.2) is 11.6 Å². The molecular formula is C36H48F4O. The Bertz CT molecular complexity index is 1080. The first-order valence-electron chi connectivity index (χ1n) is 16.4. The van der Waals surface area contributed by atoms with Crippen LogP contribution in [0, 0.1) is 47.1 Å². The van der Waals surface area contributed by atoms with Crippen LogP contribution >= 0.6 is 0 Å². The third kappa shape index (κ3) is 7.87. The molecule has 1 nitrogen and oxygen atoms in total. The zero-order valence-electron chi connectivity index (χ0n) is 24.7. The van der Waals surface area contributed by atoms with Crippen LogP contribution in [-0.2, 0) is 0 Å². The van der Waals surface area contributed by atoms with Crippen molar-refractivity contribution in [1.29, 1.82) is 0 Å². The molecule has 3 saturated carbocycles. The van der Waals surface area contributed by atoms with Gasteiger partial charge in [-0.1, -0.05) is 63.6 Å². The molecule has 0 bridgehead atoms. The highest BCUT2D eigenvalue weighted by molar-refractivity contribution is 5.64. The number of halogens is 4. The Morgan fingerprint density at radius 3 is 1.68 bits per heavy atom. The summed E-state index contributed by atoms with van der Waals surface area (Å²) < 4.78 is 62.3. The van der Waals surface area contributed by atoms with Crippen LogP contribution < -0.4 is 4.74 Å². The zero-order valence-corrected chi connectivity index (χ0v) is 24.7. The topological polar surface area (TPSA) is 9.23 Å². The van der Waals surface area contributed by atoms with Crippen LogP contribution in [0.5, 0.6) is 5.75 Å². The summed E-state index contributed by atoms with van der Waals surface area (Å²) in [4.78, 5) is 0. The number of unbranched alkanes of at least 4 members (excludes halogenated alkanes) is 2. The van der Waals surface area contributed by atoms with Gasteiger partial charge < -0.3 is 4.74 Å². The lowest BCUT2D eigenvalue weighted by atomic mass is 9.65. The first-order chi connectivity index (χ1) is 19.8. The van der Waals surface area contributed by atoms with Crippen LogP contribution in [0.25, 0.3) is 11.1 Å². The minimum absolute atomic E-state index is 0.0942. The molecule has 0 amide bonds. The van der Waals surface area contributed by atoms with Gasteiger partial charge in [-0.05, 0) is 129 Å². The smallest absolute Gasteiger partial charge is 0.400 e. The third-order valence-electron chi connectivity index (χ3n) is 10.9. The second-order valence-corrected chi connectivity index (χ2v) is 13.4. The molecule has 0 unspecified atom stereocenters. The van der Waals surface area contributed by atoms with Gasteiger partial charge in [0.1, 0.15) is 5.75 Å². The number of benzene rings is 2.